The minimum atomic E-state index is 0.672. The molecule has 0 fully saturated rings. The fourth-order valence-electron chi connectivity index (χ4n) is 1.96. The van der Waals surface area contributed by atoms with E-state index in [0.717, 1.165) is 27.3 Å². The summed E-state index contributed by atoms with van der Waals surface area (Å²) >= 11 is 6.09. The molecule has 2 aromatic carbocycles. The molecular weight excluding hydrogens is 260 g/mol. The van der Waals surface area contributed by atoms with Crippen LogP contribution in [0, 0.1) is 6.92 Å². The molecule has 0 aliphatic heterocycles. The number of H-pyrrole nitrogens is 1. The van der Waals surface area contributed by atoms with Crippen molar-refractivity contribution in [3.63, 3.8) is 0 Å². The van der Waals surface area contributed by atoms with Gasteiger partial charge in [-0.2, -0.15) is 0 Å². The molecule has 19 heavy (non-hydrogen) atoms. The molecular formula is C14H13ClN4. The molecule has 1 heterocycles. The lowest BCUT2D eigenvalue weighted by molar-refractivity contribution is 1.29. The molecule has 5 heteroatoms. The normalized spacial score (nSPS) is 10.8. The number of aromatic amines is 1. The molecule has 0 amide bonds. The van der Waals surface area contributed by atoms with Gasteiger partial charge in [0.15, 0.2) is 0 Å². The zero-order valence-electron chi connectivity index (χ0n) is 10.4. The molecule has 0 bridgehead atoms. The highest BCUT2D eigenvalue weighted by Crippen LogP contribution is 2.26. The monoisotopic (exact) mass is 272 g/mol. The number of nitrogens with zero attached hydrogens (tertiary/aromatic N) is 1. The van der Waals surface area contributed by atoms with E-state index >= 15 is 0 Å². The first kappa shape index (κ1) is 11.9. The Bertz CT molecular complexity index is 748. The predicted octanol–water partition coefficient (Wildman–Crippen LogP) is 3.85. The molecule has 0 saturated carbocycles. The van der Waals surface area contributed by atoms with Crippen LogP contribution in [0.4, 0.5) is 17.3 Å². The highest BCUT2D eigenvalue weighted by atomic mass is 35.5. The Kier molecular flexibility index (Phi) is 2.80. The lowest BCUT2D eigenvalue weighted by Crippen LogP contribution is -1.94. The molecule has 0 atom stereocenters. The lowest BCUT2D eigenvalue weighted by atomic mass is 10.2. The number of hydrogen-bond acceptors (Lipinski definition) is 3. The number of aromatic nitrogens is 2. The van der Waals surface area contributed by atoms with Gasteiger partial charge in [-0.1, -0.05) is 17.7 Å². The summed E-state index contributed by atoms with van der Waals surface area (Å²) < 4.78 is 0. The molecule has 3 rings (SSSR count). The Labute approximate surface area is 115 Å². The standard InChI is InChI=1S/C14H13ClN4/c1-8-10(15)3-2-4-11(8)17-14-18-12-6-5-9(16)7-13(12)19-14/h2-7H,16H2,1H3,(H2,17,18,19). The summed E-state index contributed by atoms with van der Waals surface area (Å²) in [6, 6.07) is 11.3. The minimum Gasteiger partial charge on any atom is -0.399 e. The number of nitrogen functional groups attached to an aromatic ring is 1. The van der Waals surface area contributed by atoms with E-state index in [0.29, 0.717) is 11.6 Å². The maximum Gasteiger partial charge on any atom is 0.205 e. The van der Waals surface area contributed by atoms with Crippen LogP contribution in [0.2, 0.25) is 5.02 Å². The fraction of sp³-hybridized carbons (Fsp3) is 0.0714. The third-order valence-electron chi connectivity index (χ3n) is 3.03. The van der Waals surface area contributed by atoms with Gasteiger partial charge in [0.05, 0.1) is 11.0 Å². The summed E-state index contributed by atoms with van der Waals surface area (Å²) in [5.41, 5.74) is 10.2. The summed E-state index contributed by atoms with van der Waals surface area (Å²) in [4.78, 5) is 7.64. The number of benzene rings is 2. The number of imidazole rings is 1. The molecule has 0 unspecified atom stereocenters. The molecule has 0 radical (unpaired) electrons. The lowest BCUT2D eigenvalue weighted by Gasteiger charge is -2.07. The van der Waals surface area contributed by atoms with Crippen molar-refractivity contribution in [2.75, 3.05) is 11.1 Å². The first-order chi connectivity index (χ1) is 9.13. The van der Waals surface area contributed by atoms with Gasteiger partial charge in [0.1, 0.15) is 0 Å². The van der Waals surface area contributed by atoms with Crippen molar-refractivity contribution < 1.29 is 0 Å². The average Bonchev–Trinajstić information content (AvgIpc) is 2.76. The number of rotatable bonds is 2. The second-order valence-corrected chi connectivity index (χ2v) is 4.81. The average molecular weight is 273 g/mol. The number of hydrogen-bond donors (Lipinski definition) is 3. The topological polar surface area (TPSA) is 66.7 Å². The van der Waals surface area contributed by atoms with E-state index < -0.39 is 0 Å². The van der Waals surface area contributed by atoms with E-state index in [1.165, 1.54) is 0 Å². The first-order valence-corrected chi connectivity index (χ1v) is 6.28. The summed E-state index contributed by atoms with van der Waals surface area (Å²) in [5.74, 6) is 0.672. The van der Waals surface area contributed by atoms with Crippen molar-refractivity contribution in [2.24, 2.45) is 0 Å². The van der Waals surface area contributed by atoms with E-state index in [1.54, 1.807) is 0 Å². The van der Waals surface area contributed by atoms with E-state index in [1.807, 2.05) is 43.3 Å². The second-order valence-electron chi connectivity index (χ2n) is 4.40. The summed E-state index contributed by atoms with van der Waals surface area (Å²) in [6.45, 7) is 1.96. The Morgan fingerprint density at radius 3 is 2.95 bits per heavy atom. The fourth-order valence-corrected chi connectivity index (χ4v) is 2.13. The van der Waals surface area contributed by atoms with E-state index in [2.05, 4.69) is 15.3 Å². The van der Waals surface area contributed by atoms with Crippen LogP contribution in [0.1, 0.15) is 5.56 Å². The van der Waals surface area contributed by atoms with Crippen molar-refractivity contribution in [3.05, 3.63) is 47.0 Å². The van der Waals surface area contributed by atoms with Gasteiger partial charge in [-0.25, -0.2) is 4.98 Å². The maximum absolute atomic E-state index is 6.09. The van der Waals surface area contributed by atoms with Crippen molar-refractivity contribution in [1.82, 2.24) is 9.97 Å². The summed E-state index contributed by atoms with van der Waals surface area (Å²) in [7, 11) is 0. The van der Waals surface area contributed by atoms with Gasteiger partial charge in [-0.3, -0.25) is 0 Å². The molecule has 96 valence electrons. The van der Waals surface area contributed by atoms with Crippen LogP contribution < -0.4 is 11.1 Å². The molecule has 1 aromatic heterocycles. The Morgan fingerprint density at radius 1 is 1.26 bits per heavy atom. The number of nitrogens with two attached hydrogens (primary N) is 1. The number of nitrogens with one attached hydrogen (secondary N) is 2. The number of halogens is 1. The van der Waals surface area contributed by atoms with E-state index in [-0.39, 0.29) is 0 Å². The van der Waals surface area contributed by atoms with Crippen LogP contribution in [-0.4, -0.2) is 9.97 Å². The third-order valence-corrected chi connectivity index (χ3v) is 3.44. The Hall–Kier alpha value is -2.20. The van der Waals surface area contributed by atoms with Crippen molar-refractivity contribution in [3.8, 4) is 0 Å². The van der Waals surface area contributed by atoms with Crippen LogP contribution in [0.3, 0.4) is 0 Å². The smallest absolute Gasteiger partial charge is 0.205 e. The molecule has 3 aromatic rings. The second kappa shape index (κ2) is 4.48. The Morgan fingerprint density at radius 2 is 2.11 bits per heavy atom. The zero-order chi connectivity index (χ0) is 13.4. The first-order valence-electron chi connectivity index (χ1n) is 5.91. The van der Waals surface area contributed by atoms with Gasteiger partial charge >= 0.3 is 0 Å². The maximum atomic E-state index is 6.09. The molecule has 0 saturated heterocycles. The number of anilines is 3. The highest BCUT2D eigenvalue weighted by molar-refractivity contribution is 6.31. The van der Waals surface area contributed by atoms with Crippen LogP contribution in [0.25, 0.3) is 11.0 Å². The largest absolute Gasteiger partial charge is 0.399 e. The molecule has 0 aliphatic carbocycles. The van der Waals surface area contributed by atoms with Gasteiger partial charge in [0.25, 0.3) is 0 Å². The van der Waals surface area contributed by atoms with Crippen LogP contribution in [-0.2, 0) is 0 Å². The van der Waals surface area contributed by atoms with E-state index in [9.17, 15) is 0 Å². The van der Waals surface area contributed by atoms with Crippen molar-refractivity contribution >= 4 is 40.0 Å². The van der Waals surface area contributed by atoms with Gasteiger partial charge in [-0.05, 0) is 42.8 Å². The SMILES string of the molecule is Cc1c(Cl)cccc1Nc1nc2ccc(N)cc2[nH]1. The Balaban J connectivity index is 1.99. The molecule has 4 nitrogen and oxygen atoms in total. The molecule has 0 aliphatic rings. The van der Waals surface area contributed by atoms with Gasteiger partial charge in [-0.15, -0.1) is 0 Å². The van der Waals surface area contributed by atoms with Crippen LogP contribution in [0.15, 0.2) is 36.4 Å². The quantitative estimate of drug-likeness (QED) is 0.621. The van der Waals surface area contributed by atoms with Crippen molar-refractivity contribution in [2.45, 2.75) is 6.92 Å². The molecule has 4 N–H and O–H groups in total. The van der Waals surface area contributed by atoms with Gasteiger partial charge in [0.2, 0.25) is 5.95 Å². The highest BCUT2D eigenvalue weighted by Gasteiger charge is 2.06. The minimum absolute atomic E-state index is 0.672. The predicted molar refractivity (Wildman–Crippen MR) is 80.0 cm³/mol. The third kappa shape index (κ3) is 2.22. The van der Waals surface area contributed by atoms with Crippen LogP contribution >= 0.6 is 11.6 Å². The van der Waals surface area contributed by atoms with Crippen molar-refractivity contribution in [1.29, 1.82) is 0 Å². The van der Waals surface area contributed by atoms with Gasteiger partial charge < -0.3 is 16.0 Å². The van der Waals surface area contributed by atoms with Gasteiger partial charge in [0, 0.05) is 16.4 Å². The number of fused-ring (bicyclic) bond motifs is 1. The zero-order valence-corrected chi connectivity index (χ0v) is 11.1. The van der Waals surface area contributed by atoms with Crippen LogP contribution in [0.5, 0.6) is 0 Å². The van der Waals surface area contributed by atoms with E-state index in [4.69, 9.17) is 17.3 Å². The molecule has 0 spiro atoms. The summed E-state index contributed by atoms with van der Waals surface area (Å²) in [5, 5.41) is 3.96. The summed E-state index contributed by atoms with van der Waals surface area (Å²) in [6.07, 6.45) is 0.